The highest BCUT2D eigenvalue weighted by Gasteiger charge is 2.30. The molecule has 31 rings (SSSR count). The van der Waals surface area contributed by atoms with Gasteiger partial charge in [-0.3, -0.25) is 9.13 Å². The standard InChI is InChI=1S/C44H26N2.C41H25N5.C41H24N4O/c1-2-11-29(12-3-1)45-38-18-9-19-39-43(38)44-40(45)25-22-28-21-20-27-10-8-17-37(41(27)42(28)44)46(39)30-23-24-35-33-15-5-4-13-31(33)32-14-6-7-16-34(32)36(35)26-30;1-4-12-28(13-5-1)39-42-40(29-14-6-2-7-15-29)44-41(43-39)46-33-21-11-20-32-37(33)38-34(46)25-24-27-23-22-26-16-10-19-31(35(26)36(27)38)45(32)30-17-8-3-9-18-30;1-3-10-25(11-4-1)29-15-7-16-30(24-29)40-42-39(28-12-5-2-6-13-28)43-41(44-40)45-31-17-9-19-34-37(31)38-32(45)23-22-27-21-20-26-14-8-18-33(46-34)35(26)36(27)38/h1-26H;1-25H;1-24H. The van der Waals surface area contributed by atoms with E-state index in [9.17, 15) is 0 Å². The normalized spacial score (nSPS) is 12.1. The van der Waals surface area contributed by atoms with E-state index >= 15 is 0 Å². The lowest BCUT2D eigenvalue weighted by Crippen LogP contribution is -2.06. The maximum Gasteiger partial charge on any atom is 0.238 e. The molecule has 0 unspecified atom stereocenters. The van der Waals surface area contributed by atoms with Gasteiger partial charge in [-0.1, -0.05) is 340 Å². The van der Waals surface area contributed by atoms with Crippen LogP contribution in [0.3, 0.4) is 0 Å². The second-order valence-electron chi connectivity index (χ2n) is 35.8. The molecule has 0 bridgehead atoms. The van der Waals surface area contributed by atoms with E-state index in [0.717, 1.165) is 99.4 Å². The van der Waals surface area contributed by atoms with E-state index in [-0.39, 0.29) is 0 Å². The predicted octanol–water partition coefficient (Wildman–Crippen LogP) is 32.4. The zero-order chi connectivity index (χ0) is 90.3. The van der Waals surface area contributed by atoms with E-state index in [2.05, 4.69) is 399 Å². The molecule has 31 aromatic rings. The molecule has 0 saturated heterocycles. The first-order chi connectivity index (χ1) is 68.5. The minimum absolute atomic E-state index is 0.562. The molecule has 0 amide bonds. The molecule has 0 aliphatic carbocycles. The van der Waals surface area contributed by atoms with Gasteiger partial charge in [0.05, 0.1) is 60.6 Å². The lowest BCUT2D eigenvalue weighted by Gasteiger charge is -2.16. The minimum Gasteiger partial charge on any atom is -0.456 e. The average Bonchev–Trinajstić information content (AvgIpc) is 1.53. The van der Waals surface area contributed by atoms with Crippen molar-refractivity contribution < 1.29 is 4.42 Å². The molecule has 138 heavy (non-hydrogen) atoms. The smallest absolute Gasteiger partial charge is 0.238 e. The fourth-order valence-electron chi connectivity index (χ4n) is 22.5. The Morgan fingerprint density at radius 3 is 0.884 bits per heavy atom. The number of para-hydroxylation sites is 2. The summed E-state index contributed by atoms with van der Waals surface area (Å²) in [6.07, 6.45) is 0. The Morgan fingerprint density at radius 2 is 0.428 bits per heavy atom. The molecule has 23 aromatic carbocycles. The molecule has 12 nitrogen and oxygen atoms in total. The summed E-state index contributed by atoms with van der Waals surface area (Å²) < 4.78 is 18.4. The Kier molecular flexibility index (Phi) is 16.9. The van der Waals surface area contributed by atoms with Crippen LogP contribution >= 0.6 is 0 Å². The van der Waals surface area contributed by atoms with Gasteiger partial charge in [0, 0.05) is 98.6 Å². The third kappa shape index (κ3) is 11.7. The van der Waals surface area contributed by atoms with E-state index < -0.39 is 0 Å². The molecule has 0 aliphatic heterocycles. The molecule has 640 valence electrons. The molecular weight excluding hydrogens is 1680 g/mol. The SMILES string of the molecule is c1ccc(-c2cccc(-c3nc(-c4ccccc4)nc(-n4c5cccc6oc7cccc8ccc9ccc4c(c9c87)c65)n3)c2)cc1.c1ccc(-c2nc(-c3ccccc3)nc(-n3c4ccc5ccc6cccc7c6c5c4c4c(cccc43)n7-c3ccccc3)n2)cc1.c1ccc(-n2c3ccc4ccc5cccc6c5c4c3c3c(cccc32)n6-c2ccc3c4ccccc4c4ccccc4c3c2)cc1. The zero-order valence-electron chi connectivity index (χ0n) is 74.1. The molecule has 8 aromatic heterocycles. The van der Waals surface area contributed by atoms with Crippen LogP contribution in [0.5, 0.6) is 0 Å². The second kappa shape index (κ2) is 30.4. The molecular formula is C126H75N11O. The van der Waals surface area contributed by atoms with E-state index in [1.807, 2.05) is 78.9 Å². The van der Waals surface area contributed by atoms with Gasteiger partial charge in [0.1, 0.15) is 11.2 Å². The average molecular weight is 1760 g/mol. The summed E-state index contributed by atoms with van der Waals surface area (Å²) in [6, 6.07) is 162. The van der Waals surface area contributed by atoms with Gasteiger partial charge in [-0.25, -0.2) is 9.97 Å². The predicted molar refractivity (Wildman–Crippen MR) is 571 cm³/mol. The van der Waals surface area contributed by atoms with E-state index in [1.165, 1.54) is 147 Å². The summed E-state index contributed by atoms with van der Waals surface area (Å²) in [4.78, 5) is 30.7. The van der Waals surface area contributed by atoms with Crippen molar-refractivity contribution in [1.29, 1.82) is 0 Å². The van der Waals surface area contributed by atoms with Crippen molar-refractivity contribution in [3.05, 3.63) is 455 Å². The highest BCUT2D eigenvalue weighted by atomic mass is 16.3. The molecule has 0 atom stereocenters. The molecule has 12 heteroatoms. The molecule has 0 fully saturated rings. The Balaban J connectivity index is 0.0000000998. The lowest BCUT2D eigenvalue weighted by atomic mass is 9.94. The number of hydrogen-bond acceptors (Lipinski definition) is 7. The first kappa shape index (κ1) is 76.9. The number of hydrogen-bond donors (Lipinski definition) is 0. The minimum atomic E-state index is 0.562. The topological polar surface area (TPSA) is 115 Å². The Labute approximate surface area is 788 Å². The molecule has 0 aliphatic rings. The van der Waals surface area contributed by atoms with E-state index in [1.54, 1.807) is 0 Å². The number of fused-ring (bicyclic) bond motifs is 6. The lowest BCUT2D eigenvalue weighted by molar-refractivity contribution is 0.664. The molecule has 0 N–H and O–H groups in total. The van der Waals surface area contributed by atoms with Gasteiger partial charge >= 0.3 is 0 Å². The van der Waals surface area contributed by atoms with Crippen LogP contribution in [0.2, 0.25) is 0 Å². The number of aromatic nitrogens is 11. The van der Waals surface area contributed by atoms with Crippen molar-refractivity contribution in [1.82, 2.24) is 52.7 Å². The summed E-state index contributed by atoms with van der Waals surface area (Å²) in [5.74, 6) is 3.67. The third-order valence-electron chi connectivity index (χ3n) is 28.3. The summed E-state index contributed by atoms with van der Waals surface area (Å²) in [6.45, 7) is 0. The molecule has 0 radical (unpaired) electrons. The van der Waals surface area contributed by atoms with Gasteiger partial charge in [0.15, 0.2) is 23.3 Å². The number of benzene rings is 23. The van der Waals surface area contributed by atoms with Crippen molar-refractivity contribution in [2.24, 2.45) is 0 Å². The monoisotopic (exact) mass is 1760 g/mol. The second-order valence-corrected chi connectivity index (χ2v) is 35.8. The fourth-order valence-corrected chi connectivity index (χ4v) is 22.5. The van der Waals surface area contributed by atoms with E-state index in [4.69, 9.17) is 34.3 Å². The van der Waals surface area contributed by atoms with Crippen molar-refractivity contribution in [3.8, 4) is 85.6 Å². The number of rotatable bonds is 10. The summed E-state index contributed by atoms with van der Waals surface area (Å²) >= 11 is 0. The van der Waals surface area contributed by atoms with E-state index in [0.29, 0.717) is 35.2 Å². The van der Waals surface area contributed by atoms with Crippen LogP contribution in [0.4, 0.5) is 0 Å². The van der Waals surface area contributed by atoms with Crippen LogP contribution in [-0.2, 0) is 0 Å². The van der Waals surface area contributed by atoms with Gasteiger partial charge in [0.25, 0.3) is 0 Å². The van der Waals surface area contributed by atoms with Crippen LogP contribution in [0.15, 0.2) is 459 Å². The largest absolute Gasteiger partial charge is 0.456 e. The van der Waals surface area contributed by atoms with Crippen LogP contribution in [0, 0.1) is 0 Å². The fraction of sp³-hybridized carbons (Fsp3) is 0. The Bertz CT molecular complexity index is 10300. The van der Waals surface area contributed by atoms with Crippen molar-refractivity contribution in [3.63, 3.8) is 0 Å². The molecule has 8 heterocycles. The van der Waals surface area contributed by atoms with Gasteiger partial charge in [-0.15, -0.1) is 0 Å². The third-order valence-corrected chi connectivity index (χ3v) is 28.3. The van der Waals surface area contributed by atoms with Gasteiger partial charge in [-0.05, 0) is 191 Å². The Morgan fingerprint density at radius 1 is 0.145 bits per heavy atom. The van der Waals surface area contributed by atoms with Gasteiger partial charge < -0.3 is 18.1 Å². The quantitative estimate of drug-likeness (QED) is 0.125. The van der Waals surface area contributed by atoms with Crippen LogP contribution in [-0.4, -0.2) is 52.7 Å². The Hall–Kier alpha value is -18.8. The van der Waals surface area contributed by atoms with Crippen molar-refractivity contribution >= 4 is 196 Å². The van der Waals surface area contributed by atoms with Crippen molar-refractivity contribution in [2.45, 2.75) is 0 Å². The first-order valence-corrected chi connectivity index (χ1v) is 46.8. The number of nitrogens with zero attached hydrogens (tertiary/aromatic N) is 11. The van der Waals surface area contributed by atoms with Gasteiger partial charge in [0.2, 0.25) is 11.9 Å². The highest BCUT2D eigenvalue weighted by molar-refractivity contribution is 6.38. The van der Waals surface area contributed by atoms with Crippen molar-refractivity contribution in [2.75, 3.05) is 0 Å². The van der Waals surface area contributed by atoms with Crippen LogP contribution in [0.1, 0.15) is 0 Å². The molecule has 0 spiro atoms. The summed E-state index contributed by atoms with van der Waals surface area (Å²) in [5.41, 5.74) is 22.5. The zero-order valence-corrected chi connectivity index (χ0v) is 74.1. The maximum absolute atomic E-state index is 6.68. The highest BCUT2D eigenvalue weighted by Crippen LogP contribution is 2.51. The maximum atomic E-state index is 6.68. The summed E-state index contributed by atoms with van der Waals surface area (Å²) in [7, 11) is 0. The summed E-state index contributed by atoms with van der Waals surface area (Å²) in [5, 5.41) is 29.7. The van der Waals surface area contributed by atoms with Gasteiger partial charge in [-0.2, -0.15) is 19.9 Å². The first-order valence-electron chi connectivity index (χ1n) is 46.8. The van der Waals surface area contributed by atoms with Crippen LogP contribution < -0.4 is 0 Å². The molecule has 0 saturated carbocycles. The van der Waals surface area contributed by atoms with Crippen LogP contribution in [0.25, 0.3) is 281 Å².